The molecule has 0 bridgehead atoms. The van der Waals surface area contributed by atoms with Gasteiger partial charge in [-0.05, 0) is 37.0 Å². The Bertz CT molecular complexity index is 233. The molecule has 0 unspecified atom stereocenters. The van der Waals surface area contributed by atoms with Crippen molar-refractivity contribution >= 4 is 0 Å². The lowest BCUT2D eigenvalue weighted by atomic mass is 9.62. The maximum Gasteiger partial charge on any atom is 0.0610 e. The van der Waals surface area contributed by atoms with E-state index in [1.807, 2.05) is 0 Å². The van der Waals surface area contributed by atoms with Crippen LogP contribution in [0.15, 0.2) is 12.2 Å². The van der Waals surface area contributed by atoms with Crippen molar-refractivity contribution in [1.29, 1.82) is 0 Å². The summed E-state index contributed by atoms with van der Waals surface area (Å²) in [5, 5.41) is 9.97. The number of hydrogen-bond donors (Lipinski definition) is 1. The molecule has 0 aromatic rings. The Kier molecular flexibility index (Phi) is 2.03. The summed E-state index contributed by atoms with van der Waals surface area (Å²) in [5.74, 6) is 1.14. The molecule has 1 nitrogen and oxygen atoms in total. The average molecular weight is 180 g/mol. The number of aliphatic hydroxyl groups is 1. The van der Waals surface area contributed by atoms with Crippen LogP contribution < -0.4 is 0 Å². The van der Waals surface area contributed by atoms with Crippen molar-refractivity contribution in [2.24, 2.45) is 17.3 Å². The third kappa shape index (κ3) is 1.17. The molecule has 2 saturated carbocycles. The van der Waals surface area contributed by atoms with Crippen LogP contribution in [0.3, 0.4) is 0 Å². The first-order valence-electron chi connectivity index (χ1n) is 5.41. The minimum Gasteiger partial charge on any atom is -0.392 e. The van der Waals surface area contributed by atoms with Crippen LogP contribution in [0.5, 0.6) is 0 Å². The third-order valence-electron chi connectivity index (χ3n) is 4.54. The van der Waals surface area contributed by atoms with Crippen molar-refractivity contribution in [1.82, 2.24) is 0 Å². The summed E-state index contributed by atoms with van der Waals surface area (Å²) < 4.78 is 0. The van der Waals surface area contributed by atoms with Crippen molar-refractivity contribution in [2.45, 2.75) is 45.6 Å². The van der Waals surface area contributed by atoms with Crippen LogP contribution in [-0.2, 0) is 0 Å². The van der Waals surface area contributed by atoms with Crippen molar-refractivity contribution in [3.8, 4) is 0 Å². The Labute approximate surface area is 80.8 Å². The Balaban J connectivity index is 2.31. The molecule has 2 rings (SSSR count). The predicted molar refractivity (Wildman–Crippen MR) is 54.4 cm³/mol. The Morgan fingerprint density at radius 3 is 2.77 bits per heavy atom. The fraction of sp³-hybridized carbons (Fsp3) is 0.833. The average Bonchev–Trinajstić information content (AvgIpc) is 2.38. The molecular weight excluding hydrogens is 160 g/mol. The summed E-state index contributed by atoms with van der Waals surface area (Å²) in [7, 11) is 0. The summed E-state index contributed by atoms with van der Waals surface area (Å²) >= 11 is 0. The zero-order chi connectivity index (χ0) is 9.64. The summed E-state index contributed by atoms with van der Waals surface area (Å²) in [6.45, 7) is 8.78. The molecule has 4 atom stereocenters. The largest absolute Gasteiger partial charge is 0.392 e. The molecule has 0 spiro atoms. The molecule has 0 aliphatic heterocycles. The minimum absolute atomic E-state index is 0.115. The van der Waals surface area contributed by atoms with Crippen LogP contribution in [0, 0.1) is 17.3 Å². The van der Waals surface area contributed by atoms with E-state index in [2.05, 4.69) is 20.4 Å². The molecule has 13 heavy (non-hydrogen) atoms. The highest BCUT2D eigenvalue weighted by atomic mass is 16.3. The Morgan fingerprint density at radius 1 is 1.46 bits per heavy atom. The lowest BCUT2D eigenvalue weighted by Gasteiger charge is -2.44. The molecule has 2 fully saturated rings. The SMILES string of the molecule is C=C1CC[C@]2(C)[C@@H](C)CC[C@H](O)[C@H]12. The van der Waals surface area contributed by atoms with Crippen LogP contribution in [0.1, 0.15) is 39.5 Å². The van der Waals surface area contributed by atoms with E-state index in [-0.39, 0.29) is 6.10 Å². The predicted octanol–water partition coefficient (Wildman–Crippen LogP) is 2.75. The van der Waals surface area contributed by atoms with E-state index >= 15 is 0 Å². The van der Waals surface area contributed by atoms with Gasteiger partial charge in [-0.2, -0.15) is 0 Å². The van der Waals surface area contributed by atoms with E-state index in [1.165, 1.54) is 18.4 Å². The molecule has 0 aromatic carbocycles. The van der Waals surface area contributed by atoms with Gasteiger partial charge in [-0.25, -0.2) is 0 Å². The summed E-state index contributed by atoms with van der Waals surface area (Å²) in [5.41, 5.74) is 1.64. The van der Waals surface area contributed by atoms with Gasteiger partial charge in [0.2, 0.25) is 0 Å². The molecule has 2 aliphatic rings. The highest BCUT2D eigenvalue weighted by Gasteiger charge is 2.50. The number of rotatable bonds is 0. The fourth-order valence-electron chi connectivity index (χ4n) is 3.39. The molecule has 0 saturated heterocycles. The van der Waals surface area contributed by atoms with Gasteiger partial charge in [-0.15, -0.1) is 0 Å². The van der Waals surface area contributed by atoms with Gasteiger partial charge in [-0.1, -0.05) is 26.0 Å². The summed E-state index contributed by atoms with van der Waals surface area (Å²) in [6.07, 6.45) is 4.40. The van der Waals surface area contributed by atoms with E-state index in [9.17, 15) is 5.11 Å². The quantitative estimate of drug-likeness (QED) is 0.568. The monoisotopic (exact) mass is 180 g/mol. The molecule has 74 valence electrons. The topological polar surface area (TPSA) is 20.2 Å². The van der Waals surface area contributed by atoms with Gasteiger partial charge in [0, 0.05) is 5.92 Å². The molecule has 0 heterocycles. The molecule has 0 radical (unpaired) electrons. The first-order chi connectivity index (χ1) is 6.05. The normalized spacial score (nSPS) is 50.7. The zero-order valence-electron chi connectivity index (χ0n) is 8.71. The lowest BCUT2D eigenvalue weighted by Crippen LogP contribution is -2.42. The van der Waals surface area contributed by atoms with Gasteiger partial charge >= 0.3 is 0 Å². The number of hydrogen-bond acceptors (Lipinski definition) is 1. The Hall–Kier alpha value is -0.300. The minimum atomic E-state index is -0.115. The zero-order valence-corrected chi connectivity index (χ0v) is 8.71. The molecule has 2 aliphatic carbocycles. The first kappa shape index (κ1) is 9.26. The second-order valence-corrected chi connectivity index (χ2v) is 5.19. The Morgan fingerprint density at radius 2 is 2.15 bits per heavy atom. The van der Waals surface area contributed by atoms with Gasteiger partial charge in [0.25, 0.3) is 0 Å². The van der Waals surface area contributed by atoms with E-state index < -0.39 is 0 Å². The van der Waals surface area contributed by atoms with Crippen molar-refractivity contribution in [2.75, 3.05) is 0 Å². The van der Waals surface area contributed by atoms with Gasteiger partial charge in [0.15, 0.2) is 0 Å². The molecular formula is C12H20O. The van der Waals surface area contributed by atoms with Crippen LogP contribution in [0.2, 0.25) is 0 Å². The molecule has 0 amide bonds. The third-order valence-corrected chi connectivity index (χ3v) is 4.54. The summed E-state index contributed by atoms with van der Waals surface area (Å²) in [4.78, 5) is 0. The van der Waals surface area contributed by atoms with Crippen molar-refractivity contribution in [3.05, 3.63) is 12.2 Å². The smallest absolute Gasteiger partial charge is 0.0610 e. The molecule has 1 heteroatoms. The number of aliphatic hydroxyl groups excluding tert-OH is 1. The van der Waals surface area contributed by atoms with Gasteiger partial charge < -0.3 is 5.11 Å². The standard InChI is InChI=1S/C12H20O/c1-8-6-7-12(3)9(2)4-5-10(13)11(8)12/h9-11,13H,1,4-7H2,2-3H3/t9-,10-,11-,12+/m0/s1. The van der Waals surface area contributed by atoms with E-state index in [1.54, 1.807) is 0 Å². The van der Waals surface area contributed by atoms with Crippen LogP contribution in [-0.4, -0.2) is 11.2 Å². The molecule has 1 N–H and O–H groups in total. The van der Waals surface area contributed by atoms with Gasteiger partial charge in [-0.3, -0.25) is 0 Å². The van der Waals surface area contributed by atoms with Gasteiger partial charge in [0.1, 0.15) is 0 Å². The van der Waals surface area contributed by atoms with Crippen LogP contribution in [0.4, 0.5) is 0 Å². The van der Waals surface area contributed by atoms with Crippen LogP contribution in [0.25, 0.3) is 0 Å². The maximum absolute atomic E-state index is 9.97. The van der Waals surface area contributed by atoms with E-state index in [4.69, 9.17) is 0 Å². The highest BCUT2D eigenvalue weighted by molar-refractivity contribution is 5.18. The van der Waals surface area contributed by atoms with E-state index in [0.29, 0.717) is 11.3 Å². The first-order valence-corrected chi connectivity index (χ1v) is 5.41. The second-order valence-electron chi connectivity index (χ2n) is 5.19. The number of fused-ring (bicyclic) bond motifs is 1. The highest BCUT2D eigenvalue weighted by Crippen LogP contribution is 2.56. The van der Waals surface area contributed by atoms with E-state index in [0.717, 1.165) is 18.8 Å². The maximum atomic E-state index is 9.97. The van der Waals surface area contributed by atoms with Crippen LogP contribution >= 0.6 is 0 Å². The summed E-state index contributed by atoms with van der Waals surface area (Å²) in [6, 6.07) is 0. The fourth-order valence-corrected chi connectivity index (χ4v) is 3.39. The second kappa shape index (κ2) is 2.84. The lowest BCUT2D eigenvalue weighted by molar-refractivity contribution is -0.0178. The van der Waals surface area contributed by atoms with Gasteiger partial charge in [0.05, 0.1) is 6.10 Å². The van der Waals surface area contributed by atoms with Crippen molar-refractivity contribution in [3.63, 3.8) is 0 Å². The van der Waals surface area contributed by atoms with Crippen molar-refractivity contribution < 1.29 is 5.11 Å². The molecule has 0 aromatic heterocycles.